The lowest BCUT2D eigenvalue weighted by atomic mass is 9.97. The molecular weight excluding hydrogens is 548 g/mol. The van der Waals surface area contributed by atoms with Gasteiger partial charge in [-0.05, 0) is 54.0 Å². The molecule has 0 saturated heterocycles. The van der Waals surface area contributed by atoms with Gasteiger partial charge in [-0.1, -0.05) is 87.0 Å². The minimum absolute atomic E-state index is 0.00594. The van der Waals surface area contributed by atoms with E-state index >= 15 is 0 Å². The number of thioether (sulfide) groups is 1. The number of carboxylic acid groups (broad SMARTS) is 1. The Hall–Kier alpha value is -3.67. The van der Waals surface area contributed by atoms with Crippen molar-refractivity contribution < 1.29 is 23.1 Å². The second-order valence-electron chi connectivity index (χ2n) is 9.16. The van der Waals surface area contributed by atoms with Crippen molar-refractivity contribution >= 4 is 44.6 Å². The van der Waals surface area contributed by atoms with Crippen LogP contribution in [0.1, 0.15) is 44.2 Å². The molecule has 11 heteroatoms. The second kappa shape index (κ2) is 14.1. The van der Waals surface area contributed by atoms with Crippen molar-refractivity contribution in [2.45, 2.75) is 50.5 Å². The largest absolute Gasteiger partial charge is 0.465 e. The number of hydrogen-bond donors (Lipinski definition) is 4. The molecule has 0 aliphatic carbocycles. The Balaban J connectivity index is 1.91. The van der Waals surface area contributed by atoms with E-state index in [0.29, 0.717) is 41.0 Å². The Labute approximate surface area is 239 Å². The van der Waals surface area contributed by atoms with Gasteiger partial charge in [-0.3, -0.25) is 15.1 Å². The van der Waals surface area contributed by atoms with E-state index in [-0.39, 0.29) is 16.0 Å². The number of carbonyl (C=O) groups excluding carboxylic acids is 1. The van der Waals surface area contributed by atoms with E-state index in [1.807, 2.05) is 19.9 Å². The maximum absolute atomic E-state index is 12.5. The van der Waals surface area contributed by atoms with Gasteiger partial charge in [0.1, 0.15) is 5.84 Å². The number of unbranched alkanes of at least 4 members (excludes halogenated alkanes) is 1. The van der Waals surface area contributed by atoms with Crippen molar-refractivity contribution in [1.29, 1.82) is 5.41 Å². The second-order valence-corrected chi connectivity index (χ2v) is 11.9. The number of primary sulfonamides is 1. The molecule has 0 aliphatic rings. The van der Waals surface area contributed by atoms with Gasteiger partial charge in [0.25, 0.3) is 5.24 Å². The highest BCUT2D eigenvalue weighted by molar-refractivity contribution is 8.13. The van der Waals surface area contributed by atoms with Crippen molar-refractivity contribution in [3.8, 4) is 11.1 Å². The molecule has 0 fully saturated rings. The van der Waals surface area contributed by atoms with Crippen molar-refractivity contribution in [3.63, 3.8) is 0 Å². The summed E-state index contributed by atoms with van der Waals surface area (Å²) in [5, 5.41) is 26.2. The molecule has 0 bridgehead atoms. The van der Waals surface area contributed by atoms with Gasteiger partial charge in [0.15, 0.2) is 0 Å². The number of benzene rings is 3. The van der Waals surface area contributed by atoms with E-state index in [1.54, 1.807) is 60.7 Å². The van der Waals surface area contributed by atoms with Crippen LogP contribution in [0, 0.1) is 5.41 Å². The van der Waals surface area contributed by atoms with Crippen molar-refractivity contribution in [2.24, 2.45) is 5.14 Å². The number of carbonyl (C=O) groups is 2. The molecule has 5 N–H and O–H groups in total. The summed E-state index contributed by atoms with van der Waals surface area (Å²) in [6, 6.07) is 19.9. The van der Waals surface area contributed by atoms with Crippen LogP contribution in [-0.2, 0) is 16.4 Å². The molecule has 3 rings (SSSR count). The highest BCUT2D eigenvalue weighted by atomic mass is 32.2. The summed E-state index contributed by atoms with van der Waals surface area (Å²) >= 11 is 1.09. The average molecular weight is 583 g/mol. The summed E-state index contributed by atoms with van der Waals surface area (Å²) in [6.45, 7) is 3.90. The number of hydrogen-bond acceptors (Lipinski definition) is 6. The molecule has 212 valence electrons. The molecule has 0 saturated carbocycles. The number of nitrogens with two attached hydrogens (primary N) is 1. The van der Waals surface area contributed by atoms with Crippen LogP contribution in [0.15, 0.2) is 77.7 Å². The lowest BCUT2D eigenvalue weighted by molar-refractivity contribution is 0.198. The van der Waals surface area contributed by atoms with Crippen molar-refractivity contribution in [2.75, 3.05) is 10.7 Å². The molecule has 0 heterocycles. The van der Waals surface area contributed by atoms with E-state index < -0.39 is 22.2 Å². The summed E-state index contributed by atoms with van der Waals surface area (Å²) in [5.74, 6) is 0.589. The first-order valence-corrected chi connectivity index (χ1v) is 15.4. The molecule has 0 spiro atoms. The van der Waals surface area contributed by atoms with Gasteiger partial charge in [0.05, 0.1) is 4.90 Å². The van der Waals surface area contributed by atoms with Crippen LogP contribution in [0.25, 0.3) is 11.1 Å². The number of nitrogens with zero attached hydrogens (tertiary/aromatic N) is 1. The van der Waals surface area contributed by atoms with Gasteiger partial charge in [0, 0.05) is 22.9 Å². The highest BCUT2D eigenvalue weighted by Crippen LogP contribution is 2.30. The zero-order chi connectivity index (χ0) is 29.3. The van der Waals surface area contributed by atoms with Crippen LogP contribution in [0.4, 0.5) is 15.3 Å². The number of anilines is 1. The van der Waals surface area contributed by atoms with Crippen LogP contribution in [0.3, 0.4) is 0 Å². The molecule has 3 aromatic carbocycles. The first-order valence-electron chi connectivity index (χ1n) is 12.9. The number of amides is 2. The number of nitrogens with one attached hydrogen (secondary N) is 2. The van der Waals surface area contributed by atoms with Gasteiger partial charge in [-0.15, -0.1) is 0 Å². The van der Waals surface area contributed by atoms with Crippen LogP contribution in [-0.4, -0.2) is 42.5 Å². The lowest BCUT2D eigenvalue weighted by Gasteiger charge is -2.30. The van der Waals surface area contributed by atoms with Gasteiger partial charge < -0.3 is 10.4 Å². The van der Waals surface area contributed by atoms with Crippen molar-refractivity contribution in [3.05, 3.63) is 83.9 Å². The smallest absolute Gasteiger partial charge is 0.412 e. The fourth-order valence-electron chi connectivity index (χ4n) is 4.46. The SMILES string of the molecule is CCCCC(Cc1cccc(C(=N)NC(=O)SCC)c1)N(C(=O)O)c1ccc(-c2ccccc2S(N)(=O)=O)cc1. The third kappa shape index (κ3) is 8.17. The van der Waals surface area contributed by atoms with Crippen molar-refractivity contribution in [1.82, 2.24) is 5.32 Å². The molecular formula is C29H34N4O5S2. The normalized spacial score (nSPS) is 12.0. The van der Waals surface area contributed by atoms with Crippen LogP contribution < -0.4 is 15.4 Å². The zero-order valence-corrected chi connectivity index (χ0v) is 24.1. The van der Waals surface area contributed by atoms with E-state index in [4.69, 9.17) is 10.5 Å². The van der Waals surface area contributed by atoms with Gasteiger partial charge in [-0.25, -0.2) is 18.4 Å². The average Bonchev–Trinajstić information content (AvgIpc) is 2.91. The van der Waals surface area contributed by atoms with Gasteiger partial charge >= 0.3 is 6.09 Å². The summed E-state index contributed by atoms with van der Waals surface area (Å²) < 4.78 is 24.1. The monoisotopic (exact) mass is 582 g/mol. The fourth-order valence-corrected chi connectivity index (χ4v) is 5.66. The first-order chi connectivity index (χ1) is 19.0. The third-order valence-corrected chi connectivity index (χ3v) is 7.92. The molecule has 2 amide bonds. The van der Waals surface area contributed by atoms with Gasteiger partial charge in [-0.2, -0.15) is 0 Å². The summed E-state index contributed by atoms with van der Waals surface area (Å²) in [4.78, 5) is 25.8. The number of rotatable bonds is 11. The predicted molar refractivity (Wildman–Crippen MR) is 161 cm³/mol. The zero-order valence-electron chi connectivity index (χ0n) is 22.5. The Morgan fingerprint density at radius 3 is 2.38 bits per heavy atom. The molecule has 1 atom stereocenters. The van der Waals surface area contributed by atoms with E-state index in [1.165, 1.54) is 11.0 Å². The van der Waals surface area contributed by atoms with Crippen LogP contribution in [0.2, 0.25) is 0 Å². The predicted octanol–water partition coefficient (Wildman–Crippen LogP) is 6.07. The quantitative estimate of drug-likeness (QED) is 0.159. The Morgan fingerprint density at radius 1 is 1.05 bits per heavy atom. The van der Waals surface area contributed by atoms with E-state index in [9.17, 15) is 23.1 Å². The minimum atomic E-state index is -3.94. The van der Waals surface area contributed by atoms with E-state index in [0.717, 1.165) is 30.2 Å². The van der Waals surface area contributed by atoms with Gasteiger partial charge in [0.2, 0.25) is 10.0 Å². The van der Waals surface area contributed by atoms with Crippen LogP contribution >= 0.6 is 11.8 Å². The lowest BCUT2D eigenvalue weighted by Crippen LogP contribution is -2.41. The molecule has 40 heavy (non-hydrogen) atoms. The molecule has 0 aromatic heterocycles. The molecule has 9 nitrogen and oxygen atoms in total. The number of sulfonamides is 1. The Kier molecular flexibility index (Phi) is 10.9. The summed E-state index contributed by atoms with van der Waals surface area (Å²) in [7, 11) is -3.94. The number of amidine groups is 1. The molecule has 0 radical (unpaired) electrons. The summed E-state index contributed by atoms with van der Waals surface area (Å²) in [5.41, 5.74) is 2.86. The first kappa shape index (κ1) is 30.9. The Morgan fingerprint density at radius 2 is 1.75 bits per heavy atom. The molecule has 3 aromatic rings. The maximum atomic E-state index is 12.5. The minimum Gasteiger partial charge on any atom is -0.465 e. The maximum Gasteiger partial charge on any atom is 0.412 e. The molecule has 0 aliphatic heterocycles. The fraction of sp³-hybridized carbons (Fsp3) is 0.276. The molecule has 1 unspecified atom stereocenters. The summed E-state index contributed by atoms with van der Waals surface area (Å²) in [6.07, 6.45) is 1.62. The highest BCUT2D eigenvalue weighted by Gasteiger charge is 2.26. The standard InChI is InChI=1S/C29H34N4O5S2/c1-3-5-11-24(19-20-9-8-10-22(18-20)27(30)32-28(34)39-4-2)33(29(35)36)23-16-14-21(15-17-23)25-12-6-7-13-26(25)40(31,37)38/h6-10,12-18,24H,3-5,11,19H2,1-2H3,(H,35,36)(H2,30,32,34)(H2,31,37,38). The topological polar surface area (TPSA) is 154 Å². The van der Waals surface area contributed by atoms with Crippen LogP contribution in [0.5, 0.6) is 0 Å². The third-order valence-electron chi connectivity index (χ3n) is 6.30. The Bertz CT molecular complexity index is 1460. The van der Waals surface area contributed by atoms with E-state index in [2.05, 4.69) is 5.32 Å².